The average molecular weight is 330 g/mol. The first-order chi connectivity index (χ1) is 11.0. The fourth-order valence-corrected chi connectivity index (χ4v) is 3.02. The first-order valence-electron chi connectivity index (χ1n) is 7.57. The van der Waals surface area contributed by atoms with Crippen LogP contribution >= 0.6 is 11.6 Å². The van der Waals surface area contributed by atoms with Crippen molar-refractivity contribution in [2.75, 3.05) is 13.7 Å². The summed E-state index contributed by atoms with van der Waals surface area (Å²) < 4.78 is 7.38. The number of pyridine rings is 1. The molecule has 4 nitrogen and oxygen atoms in total. The molecule has 2 aromatic heterocycles. The van der Waals surface area contributed by atoms with Gasteiger partial charge in [-0.25, -0.2) is 4.98 Å². The van der Waals surface area contributed by atoms with Crippen molar-refractivity contribution in [3.63, 3.8) is 0 Å². The monoisotopic (exact) mass is 329 g/mol. The maximum absolute atomic E-state index is 6.16. The number of hydrogen-bond acceptors (Lipinski definition) is 3. The van der Waals surface area contributed by atoms with Crippen molar-refractivity contribution in [3.05, 3.63) is 52.8 Å². The van der Waals surface area contributed by atoms with E-state index < -0.39 is 0 Å². The molecule has 120 valence electrons. The molecule has 2 heterocycles. The molecule has 0 aliphatic carbocycles. The number of hydrogen-bond donors (Lipinski definition) is 1. The highest BCUT2D eigenvalue weighted by Gasteiger charge is 2.19. The van der Waals surface area contributed by atoms with Crippen molar-refractivity contribution in [1.82, 2.24) is 9.38 Å². The Labute approximate surface area is 140 Å². The molecule has 0 fully saturated rings. The maximum Gasteiger partial charge on any atom is 0.137 e. The van der Waals surface area contributed by atoms with Crippen LogP contribution in [-0.4, -0.2) is 23.0 Å². The van der Waals surface area contributed by atoms with Crippen LogP contribution in [0.2, 0.25) is 5.02 Å². The van der Waals surface area contributed by atoms with E-state index in [0.29, 0.717) is 11.6 Å². The molecule has 0 aliphatic rings. The van der Waals surface area contributed by atoms with Crippen LogP contribution in [0.5, 0.6) is 5.75 Å². The Balaban J connectivity index is 2.26. The summed E-state index contributed by atoms with van der Waals surface area (Å²) in [7, 11) is 1.68. The summed E-state index contributed by atoms with van der Waals surface area (Å²) in [5, 5.41) is 0.679. The van der Waals surface area contributed by atoms with Gasteiger partial charge >= 0.3 is 0 Å². The first kappa shape index (κ1) is 15.8. The van der Waals surface area contributed by atoms with E-state index in [1.54, 1.807) is 7.11 Å². The minimum absolute atomic E-state index is 0.167. The third-order valence-corrected chi connectivity index (χ3v) is 4.33. The van der Waals surface area contributed by atoms with Crippen LogP contribution in [0.25, 0.3) is 16.9 Å². The second-order valence-electron chi connectivity index (χ2n) is 5.74. The number of aryl methyl sites for hydroxylation is 1. The molecule has 0 saturated heterocycles. The zero-order valence-electron chi connectivity index (χ0n) is 13.5. The summed E-state index contributed by atoms with van der Waals surface area (Å²) in [6.07, 6.45) is 1.89. The number of benzene rings is 1. The fourth-order valence-electron chi connectivity index (χ4n) is 2.86. The van der Waals surface area contributed by atoms with Crippen molar-refractivity contribution >= 4 is 17.2 Å². The van der Waals surface area contributed by atoms with Gasteiger partial charge in [-0.05, 0) is 42.8 Å². The predicted octanol–water partition coefficient (Wildman–Crippen LogP) is 4.03. The normalized spacial score (nSPS) is 12.6. The molecule has 0 saturated carbocycles. The lowest BCUT2D eigenvalue weighted by Gasteiger charge is -2.12. The number of nitrogens with zero attached hydrogens (tertiary/aromatic N) is 2. The van der Waals surface area contributed by atoms with E-state index in [9.17, 15) is 0 Å². The van der Waals surface area contributed by atoms with Crippen molar-refractivity contribution < 1.29 is 4.74 Å². The molecule has 2 N–H and O–H groups in total. The highest BCUT2D eigenvalue weighted by molar-refractivity contribution is 6.30. The number of nitrogens with two attached hydrogens (primary N) is 1. The minimum Gasteiger partial charge on any atom is -0.496 e. The Morgan fingerprint density at radius 2 is 2.09 bits per heavy atom. The van der Waals surface area contributed by atoms with E-state index >= 15 is 0 Å². The van der Waals surface area contributed by atoms with Crippen LogP contribution in [0.3, 0.4) is 0 Å². The molecule has 1 aromatic carbocycles. The van der Waals surface area contributed by atoms with Gasteiger partial charge in [-0.2, -0.15) is 0 Å². The number of imidazole rings is 1. The lowest BCUT2D eigenvalue weighted by atomic mass is 10.00. The van der Waals surface area contributed by atoms with Crippen LogP contribution in [-0.2, 0) is 0 Å². The Morgan fingerprint density at radius 1 is 1.30 bits per heavy atom. The van der Waals surface area contributed by atoms with Gasteiger partial charge in [0.1, 0.15) is 11.4 Å². The second-order valence-corrected chi connectivity index (χ2v) is 6.18. The van der Waals surface area contributed by atoms with Gasteiger partial charge in [0, 0.05) is 24.2 Å². The average Bonchev–Trinajstić information content (AvgIpc) is 2.92. The van der Waals surface area contributed by atoms with Crippen LogP contribution in [0.4, 0.5) is 0 Å². The quantitative estimate of drug-likeness (QED) is 0.786. The van der Waals surface area contributed by atoms with Gasteiger partial charge in [0.2, 0.25) is 0 Å². The molecule has 0 bridgehead atoms. The Bertz CT molecular complexity index is 857. The molecular weight excluding hydrogens is 310 g/mol. The van der Waals surface area contributed by atoms with Gasteiger partial charge in [-0.3, -0.25) is 0 Å². The number of halogens is 1. The zero-order chi connectivity index (χ0) is 16.6. The summed E-state index contributed by atoms with van der Waals surface area (Å²) in [5.41, 5.74) is 10.9. The summed E-state index contributed by atoms with van der Waals surface area (Å²) >= 11 is 6.16. The molecule has 1 atom stereocenters. The zero-order valence-corrected chi connectivity index (χ0v) is 14.3. The molecule has 3 rings (SSSR count). The van der Waals surface area contributed by atoms with Crippen molar-refractivity contribution in [1.29, 1.82) is 0 Å². The van der Waals surface area contributed by atoms with Gasteiger partial charge in [0.25, 0.3) is 0 Å². The number of rotatable bonds is 4. The molecule has 3 aromatic rings. The number of fused-ring (bicyclic) bond motifs is 1. The predicted molar refractivity (Wildman–Crippen MR) is 94.4 cm³/mol. The summed E-state index contributed by atoms with van der Waals surface area (Å²) in [6, 6.07) is 9.87. The van der Waals surface area contributed by atoms with Gasteiger partial charge in [0.15, 0.2) is 0 Å². The summed E-state index contributed by atoms with van der Waals surface area (Å²) in [6.45, 7) is 4.67. The molecule has 0 spiro atoms. The lowest BCUT2D eigenvalue weighted by molar-refractivity contribution is 0.412. The largest absolute Gasteiger partial charge is 0.496 e. The Morgan fingerprint density at radius 3 is 2.74 bits per heavy atom. The number of aromatic nitrogens is 2. The molecule has 1 unspecified atom stereocenters. The molecule has 0 amide bonds. The van der Waals surface area contributed by atoms with Crippen molar-refractivity contribution in [2.45, 2.75) is 19.8 Å². The SMILES string of the molecule is COc1ccc(-c2nc3ccc(Cl)cn3c2C(C)CN)cc1C. The van der Waals surface area contributed by atoms with Crippen molar-refractivity contribution in [2.24, 2.45) is 5.73 Å². The van der Waals surface area contributed by atoms with Gasteiger partial charge in [-0.1, -0.05) is 18.5 Å². The van der Waals surface area contributed by atoms with Crippen LogP contribution in [0, 0.1) is 6.92 Å². The Hall–Kier alpha value is -2.04. The first-order valence-corrected chi connectivity index (χ1v) is 7.95. The van der Waals surface area contributed by atoms with E-state index in [1.165, 1.54) is 0 Å². The standard InChI is InChI=1S/C18H20ClN3O/c1-11-8-13(4-6-15(11)23-3)17-18(12(2)9-20)22-10-14(19)5-7-16(22)21-17/h4-8,10,12H,9,20H2,1-3H3. The molecule has 0 radical (unpaired) electrons. The van der Waals surface area contributed by atoms with E-state index in [0.717, 1.165) is 33.9 Å². The molecular formula is C18H20ClN3O. The van der Waals surface area contributed by atoms with Gasteiger partial charge in [0.05, 0.1) is 23.5 Å². The van der Waals surface area contributed by atoms with Crippen LogP contribution in [0.1, 0.15) is 24.1 Å². The highest BCUT2D eigenvalue weighted by Crippen LogP contribution is 2.32. The third kappa shape index (κ3) is 2.80. The second kappa shape index (κ2) is 6.22. The van der Waals surface area contributed by atoms with E-state index in [1.807, 2.05) is 41.8 Å². The Kier molecular flexibility index (Phi) is 4.28. The van der Waals surface area contributed by atoms with E-state index in [4.69, 9.17) is 27.1 Å². The highest BCUT2D eigenvalue weighted by atomic mass is 35.5. The van der Waals surface area contributed by atoms with Gasteiger partial charge in [-0.15, -0.1) is 0 Å². The molecule has 0 aliphatic heterocycles. The van der Waals surface area contributed by atoms with Gasteiger partial charge < -0.3 is 14.9 Å². The lowest BCUT2D eigenvalue weighted by Crippen LogP contribution is -2.12. The van der Waals surface area contributed by atoms with Crippen LogP contribution in [0.15, 0.2) is 36.5 Å². The third-order valence-electron chi connectivity index (χ3n) is 4.11. The summed E-state index contributed by atoms with van der Waals surface area (Å²) in [5.74, 6) is 1.04. The fraction of sp³-hybridized carbons (Fsp3) is 0.278. The number of methoxy groups -OCH3 is 1. The summed E-state index contributed by atoms with van der Waals surface area (Å²) in [4.78, 5) is 4.80. The topological polar surface area (TPSA) is 52.5 Å². The maximum atomic E-state index is 6.16. The van der Waals surface area contributed by atoms with Crippen LogP contribution < -0.4 is 10.5 Å². The molecule has 23 heavy (non-hydrogen) atoms. The smallest absolute Gasteiger partial charge is 0.137 e. The molecule has 5 heteroatoms. The van der Waals surface area contributed by atoms with Crippen molar-refractivity contribution in [3.8, 4) is 17.0 Å². The van der Waals surface area contributed by atoms with E-state index in [-0.39, 0.29) is 5.92 Å². The van der Waals surface area contributed by atoms with E-state index in [2.05, 4.69) is 13.0 Å². The minimum atomic E-state index is 0.167. The number of ether oxygens (including phenoxy) is 1.